The maximum absolute atomic E-state index is 13.1. The van der Waals surface area contributed by atoms with Crippen LogP contribution in [0.15, 0.2) is 44.4 Å². The van der Waals surface area contributed by atoms with E-state index in [1.807, 2.05) is 0 Å². The Morgan fingerprint density at radius 3 is 2.14 bits per heavy atom. The van der Waals surface area contributed by atoms with Gasteiger partial charge in [0.1, 0.15) is 16.1 Å². The fourth-order valence-electron chi connectivity index (χ4n) is 1.63. The monoisotopic (exact) mass is 417 g/mol. The molecule has 120 valence electrons. The van der Waals surface area contributed by atoms with Gasteiger partial charge in [-0.25, -0.2) is 12.8 Å². The molecule has 1 aromatic carbocycles. The topological polar surface area (TPSA) is 46.2 Å². The molecule has 2 aromatic rings. The average Bonchev–Trinajstić information content (AvgIpc) is 2.84. The molecule has 0 aliphatic rings. The molecule has 0 saturated carbocycles. The zero-order valence-electron chi connectivity index (χ0n) is 10.6. The van der Waals surface area contributed by atoms with E-state index in [1.54, 1.807) is 4.72 Å². The van der Waals surface area contributed by atoms with Gasteiger partial charge in [-0.15, -0.1) is 11.3 Å². The van der Waals surface area contributed by atoms with Crippen molar-refractivity contribution < 1.29 is 26.0 Å². The molecule has 1 N–H and O–H groups in total. The summed E-state index contributed by atoms with van der Waals surface area (Å²) >= 11 is 3.83. The molecule has 0 spiro atoms. The number of sulfonamides is 1. The van der Waals surface area contributed by atoms with Crippen LogP contribution in [-0.2, 0) is 10.0 Å². The first-order chi connectivity index (χ1) is 10.1. The molecule has 0 aliphatic carbocycles. The minimum Gasteiger partial charge on any atom is -0.207 e. The first-order valence-electron chi connectivity index (χ1n) is 5.69. The first kappa shape index (κ1) is 17.4. The van der Waals surface area contributed by atoms with E-state index in [2.05, 4.69) is 15.9 Å². The molecule has 22 heavy (non-hydrogen) atoms. The molecule has 2 rings (SSSR count). The van der Waals surface area contributed by atoms with Crippen LogP contribution in [0.1, 0.15) is 11.6 Å². The van der Waals surface area contributed by atoms with E-state index in [1.165, 1.54) is 12.1 Å². The van der Waals surface area contributed by atoms with Crippen LogP contribution in [0.25, 0.3) is 0 Å². The van der Waals surface area contributed by atoms with Crippen LogP contribution >= 0.6 is 27.3 Å². The van der Waals surface area contributed by atoms with Crippen molar-refractivity contribution in [2.24, 2.45) is 0 Å². The zero-order chi connectivity index (χ0) is 16.5. The Morgan fingerprint density at radius 1 is 1.09 bits per heavy atom. The fourth-order valence-corrected chi connectivity index (χ4v) is 4.87. The summed E-state index contributed by atoms with van der Waals surface area (Å²) in [6.45, 7) is 0. The second kappa shape index (κ2) is 6.26. The Labute approximate surface area is 136 Å². The van der Waals surface area contributed by atoms with Gasteiger partial charge >= 0.3 is 6.18 Å². The molecule has 1 aromatic heterocycles. The summed E-state index contributed by atoms with van der Waals surface area (Å²) < 4.78 is 78.1. The van der Waals surface area contributed by atoms with Crippen molar-refractivity contribution in [3.8, 4) is 0 Å². The van der Waals surface area contributed by atoms with Crippen molar-refractivity contribution in [2.75, 3.05) is 0 Å². The molecule has 0 bridgehead atoms. The maximum atomic E-state index is 13.1. The summed E-state index contributed by atoms with van der Waals surface area (Å²) in [7, 11) is -4.36. The number of thiophene rings is 1. The second-order valence-electron chi connectivity index (χ2n) is 4.21. The number of halogens is 5. The van der Waals surface area contributed by atoms with Crippen LogP contribution in [0.2, 0.25) is 0 Å². The molecule has 0 radical (unpaired) electrons. The molecular formula is C12H8BrF4NO2S2. The minimum absolute atomic E-state index is 0.254. The van der Waals surface area contributed by atoms with Crippen LogP contribution in [-0.4, -0.2) is 14.6 Å². The number of nitrogens with one attached hydrogen (secondary N) is 1. The highest BCUT2D eigenvalue weighted by atomic mass is 79.9. The van der Waals surface area contributed by atoms with Gasteiger partial charge in [-0.05, 0) is 45.8 Å². The Hall–Kier alpha value is -0.970. The van der Waals surface area contributed by atoms with E-state index in [4.69, 9.17) is 0 Å². The maximum Gasteiger partial charge on any atom is 0.408 e. The van der Waals surface area contributed by atoms with Crippen LogP contribution < -0.4 is 4.72 Å². The average molecular weight is 418 g/mol. The van der Waals surface area contributed by atoms with Crippen molar-refractivity contribution >= 4 is 37.3 Å². The quantitative estimate of drug-likeness (QED) is 0.756. The standard InChI is InChI=1S/C12H8BrF4NO2S2/c13-9-5-6-10(21-9)22(19,20)18-11(12(15,16)17)7-1-3-8(14)4-2-7/h1-6,11,18H. The molecule has 3 nitrogen and oxygen atoms in total. The molecule has 1 heterocycles. The Kier molecular flexibility index (Phi) is 4.95. The Morgan fingerprint density at radius 2 is 1.68 bits per heavy atom. The van der Waals surface area contributed by atoms with Gasteiger partial charge in [0.05, 0.1) is 3.79 Å². The summed E-state index contributed by atoms with van der Waals surface area (Å²) in [5, 5.41) is 0. The summed E-state index contributed by atoms with van der Waals surface area (Å²) in [5.74, 6) is -0.713. The van der Waals surface area contributed by atoms with Gasteiger partial charge in [-0.2, -0.15) is 17.9 Å². The summed E-state index contributed by atoms with van der Waals surface area (Å²) in [5.41, 5.74) is -0.395. The Balaban J connectivity index is 2.37. The summed E-state index contributed by atoms with van der Waals surface area (Å²) in [4.78, 5) is 0. The molecule has 0 aliphatic heterocycles. The van der Waals surface area contributed by atoms with Crippen molar-refractivity contribution in [3.63, 3.8) is 0 Å². The van der Waals surface area contributed by atoms with Gasteiger partial charge in [0.2, 0.25) is 0 Å². The van der Waals surface area contributed by atoms with Crippen molar-refractivity contribution in [3.05, 3.63) is 51.6 Å². The largest absolute Gasteiger partial charge is 0.408 e. The molecule has 10 heteroatoms. The molecular weight excluding hydrogens is 410 g/mol. The molecule has 1 atom stereocenters. The number of hydrogen-bond acceptors (Lipinski definition) is 3. The van der Waals surface area contributed by atoms with Gasteiger partial charge in [0.15, 0.2) is 0 Å². The highest BCUT2D eigenvalue weighted by Crippen LogP contribution is 2.35. The van der Waals surface area contributed by atoms with Gasteiger partial charge in [-0.3, -0.25) is 0 Å². The van der Waals surface area contributed by atoms with Gasteiger partial charge in [0, 0.05) is 0 Å². The van der Waals surface area contributed by atoms with E-state index < -0.39 is 33.6 Å². The predicted molar refractivity (Wildman–Crippen MR) is 77.5 cm³/mol. The van der Waals surface area contributed by atoms with Crippen molar-refractivity contribution in [1.82, 2.24) is 4.72 Å². The van der Waals surface area contributed by atoms with E-state index in [0.717, 1.165) is 35.6 Å². The number of hydrogen-bond donors (Lipinski definition) is 1. The van der Waals surface area contributed by atoms with E-state index in [9.17, 15) is 26.0 Å². The first-order valence-corrected chi connectivity index (χ1v) is 8.79. The number of alkyl halides is 3. The lowest BCUT2D eigenvalue weighted by Gasteiger charge is -2.21. The van der Waals surface area contributed by atoms with Gasteiger partial charge in [-0.1, -0.05) is 12.1 Å². The van der Waals surface area contributed by atoms with Crippen LogP contribution in [0, 0.1) is 5.82 Å². The molecule has 0 saturated heterocycles. The minimum atomic E-state index is -4.86. The van der Waals surface area contributed by atoms with Crippen LogP contribution in [0.4, 0.5) is 17.6 Å². The third-order valence-corrected chi connectivity index (χ3v) is 6.16. The highest BCUT2D eigenvalue weighted by molar-refractivity contribution is 9.11. The smallest absolute Gasteiger partial charge is 0.207 e. The number of benzene rings is 1. The van der Waals surface area contributed by atoms with E-state index >= 15 is 0 Å². The lowest BCUT2D eigenvalue weighted by Crippen LogP contribution is -2.37. The molecule has 0 fully saturated rings. The van der Waals surface area contributed by atoms with Crippen LogP contribution in [0.5, 0.6) is 0 Å². The van der Waals surface area contributed by atoms with Crippen LogP contribution in [0.3, 0.4) is 0 Å². The third kappa shape index (κ3) is 4.06. The SMILES string of the molecule is O=S(=O)(NC(c1ccc(F)cc1)C(F)(F)F)c1ccc(Br)s1. The van der Waals surface area contributed by atoms with Crippen molar-refractivity contribution in [1.29, 1.82) is 0 Å². The lowest BCUT2D eigenvalue weighted by molar-refractivity contribution is -0.153. The van der Waals surface area contributed by atoms with Gasteiger partial charge in [0.25, 0.3) is 10.0 Å². The third-order valence-electron chi connectivity index (χ3n) is 2.62. The number of rotatable bonds is 4. The fraction of sp³-hybridized carbons (Fsp3) is 0.167. The Bertz CT molecular complexity index is 756. The zero-order valence-corrected chi connectivity index (χ0v) is 13.8. The summed E-state index contributed by atoms with van der Waals surface area (Å²) in [6.07, 6.45) is -4.86. The second-order valence-corrected chi connectivity index (χ2v) is 8.61. The normalized spacial score (nSPS) is 14.0. The van der Waals surface area contributed by atoms with Crippen molar-refractivity contribution in [2.45, 2.75) is 16.4 Å². The summed E-state index contributed by atoms with van der Waals surface area (Å²) in [6, 6.07) is 3.60. The van der Waals surface area contributed by atoms with Gasteiger partial charge < -0.3 is 0 Å². The predicted octanol–water partition coefficient (Wildman–Crippen LogP) is 4.23. The molecule has 0 amide bonds. The van der Waals surface area contributed by atoms with E-state index in [-0.39, 0.29) is 4.21 Å². The molecule has 1 unspecified atom stereocenters. The lowest BCUT2D eigenvalue weighted by atomic mass is 10.1. The highest BCUT2D eigenvalue weighted by Gasteiger charge is 2.43. The van der Waals surface area contributed by atoms with E-state index in [0.29, 0.717) is 3.79 Å².